The third kappa shape index (κ3) is 3.04. The van der Waals surface area contributed by atoms with E-state index in [-0.39, 0.29) is 11.4 Å². The highest BCUT2D eigenvalue weighted by Crippen LogP contribution is 2.21. The first-order chi connectivity index (χ1) is 9.58. The third-order valence-corrected chi connectivity index (χ3v) is 2.41. The quantitative estimate of drug-likeness (QED) is 0.572. The van der Waals surface area contributed by atoms with Gasteiger partial charge in [0, 0.05) is 12.7 Å². The van der Waals surface area contributed by atoms with Crippen molar-refractivity contribution in [2.75, 3.05) is 11.9 Å². The summed E-state index contributed by atoms with van der Waals surface area (Å²) in [6.07, 6.45) is 3.87. The Hall–Kier alpha value is -3.04. The van der Waals surface area contributed by atoms with Crippen LogP contribution in [0.15, 0.2) is 24.7 Å². The predicted octanol–water partition coefficient (Wildman–Crippen LogP) is 0.392. The molecule has 2 rings (SSSR count). The molecule has 10 heteroatoms. The maximum atomic E-state index is 10.8. The highest BCUT2D eigenvalue weighted by molar-refractivity contribution is 5.84. The van der Waals surface area contributed by atoms with Crippen molar-refractivity contribution >= 4 is 17.3 Å². The summed E-state index contributed by atoms with van der Waals surface area (Å²) in [5.41, 5.74) is 0.0563. The van der Waals surface area contributed by atoms with E-state index in [1.807, 2.05) is 0 Å². The molecule has 0 unspecified atom stereocenters. The minimum atomic E-state index is -1.16. The zero-order valence-electron chi connectivity index (χ0n) is 10.1. The maximum Gasteiger partial charge on any atom is 0.358 e. The summed E-state index contributed by atoms with van der Waals surface area (Å²) in [5.74, 6) is -1.16. The number of hydrogen-bond acceptors (Lipinski definition) is 7. The van der Waals surface area contributed by atoms with Crippen LogP contribution < -0.4 is 5.32 Å². The van der Waals surface area contributed by atoms with E-state index in [2.05, 4.69) is 20.6 Å². The number of carboxylic acid groups (broad SMARTS) is 1. The Morgan fingerprint density at radius 1 is 1.55 bits per heavy atom. The molecule has 0 aliphatic heterocycles. The Bertz CT molecular complexity index is 640. The number of rotatable bonds is 6. The van der Waals surface area contributed by atoms with Crippen molar-refractivity contribution in [1.29, 1.82) is 0 Å². The molecular weight excluding hydrogens is 268 g/mol. The zero-order chi connectivity index (χ0) is 14.5. The number of carbonyl (C=O) groups is 1. The first kappa shape index (κ1) is 13.4. The van der Waals surface area contributed by atoms with Crippen molar-refractivity contribution in [3.63, 3.8) is 0 Å². The second-order valence-corrected chi connectivity index (χ2v) is 3.75. The van der Waals surface area contributed by atoms with Gasteiger partial charge in [0.25, 0.3) is 0 Å². The van der Waals surface area contributed by atoms with Crippen LogP contribution in [0.5, 0.6) is 0 Å². The molecule has 0 atom stereocenters. The maximum absolute atomic E-state index is 10.8. The molecule has 0 aliphatic rings. The SMILES string of the molecule is O=C(O)c1cn(CCNc2ccncc2[N+](=O)[O-])nn1. The summed E-state index contributed by atoms with van der Waals surface area (Å²) < 4.78 is 1.34. The molecule has 0 saturated carbocycles. The minimum Gasteiger partial charge on any atom is -0.476 e. The van der Waals surface area contributed by atoms with Gasteiger partial charge in [-0.3, -0.25) is 15.1 Å². The molecule has 2 aromatic heterocycles. The molecule has 10 nitrogen and oxygen atoms in total. The number of aromatic carboxylic acids is 1. The largest absolute Gasteiger partial charge is 0.476 e. The normalized spacial score (nSPS) is 10.2. The highest BCUT2D eigenvalue weighted by atomic mass is 16.6. The van der Waals surface area contributed by atoms with Crippen LogP contribution in [0.1, 0.15) is 10.5 Å². The van der Waals surface area contributed by atoms with Gasteiger partial charge in [-0.25, -0.2) is 9.48 Å². The zero-order valence-corrected chi connectivity index (χ0v) is 10.1. The van der Waals surface area contributed by atoms with Crippen molar-refractivity contribution < 1.29 is 14.8 Å². The standard InChI is InChI=1S/C10H10N6O4/c17-10(18)8-6-15(14-13-8)4-3-12-7-1-2-11-5-9(7)16(19)20/h1-2,5-6H,3-4H2,(H,11,12)(H,17,18). The number of carboxylic acids is 1. The number of nitrogens with one attached hydrogen (secondary N) is 1. The monoisotopic (exact) mass is 278 g/mol. The highest BCUT2D eigenvalue weighted by Gasteiger charge is 2.13. The number of pyridine rings is 1. The number of hydrogen-bond donors (Lipinski definition) is 2. The third-order valence-electron chi connectivity index (χ3n) is 2.41. The number of nitrogens with zero attached hydrogens (tertiary/aromatic N) is 5. The predicted molar refractivity (Wildman–Crippen MR) is 66.4 cm³/mol. The van der Waals surface area contributed by atoms with Gasteiger partial charge in [0.05, 0.1) is 17.7 Å². The van der Waals surface area contributed by atoms with Crippen molar-refractivity contribution in [3.05, 3.63) is 40.5 Å². The second kappa shape index (κ2) is 5.73. The molecule has 0 aliphatic carbocycles. The summed E-state index contributed by atoms with van der Waals surface area (Å²) in [5, 5.41) is 29.4. The molecule has 0 spiro atoms. The van der Waals surface area contributed by atoms with Crippen LogP contribution in [0.3, 0.4) is 0 Å². The molecule has 0 saturated heterocycles. The van der Waals surface area contributed by atoms with E-state index in [1.54, 1.807) is 0 Å². The van der Waals surface area contributed by atoms with E-state index in [4.69, 9.17) is 5.11 Å². The van der Waals surface area contributed by atoms with Gasteiger partial charge in [0.1, 0.15) is 11.9 Å². The lowest BCUT2D eigenvalue weighted by atomic mass is 10.3. The molecule has 0 amide bonds. The summed E-state index contributed by atoms with van der Waals surface area (Å²) in [6, 6.07) is 1.49. The number of anilines is 1. The Labute approximate surface area is 112 Å². The van der Waals surface area contributed by atoms with Gasteiger partial charge in [0.2, 0.25) is 0 Å². The van der Waals surface area contributed by atoms with Gasteiger partial charge in [-0.05, 0) is 6.07 Å². The van der Waals surface area contributed by atoms with Crippen molar-refractivity contribution in [2.24, 2.45) is 0 Å². The lowest BCUT2D eigenvalue weighted by Crippen LogP contribution is -2.12. The van der Waals surface area contributed by atoms with Crippen LogP contribution >= 0.6 is 0 Å². The molecule has 2 N–H and O–H groups in total. The van der Waals surface area contributed by atoms with E-state index in [9.17, 15) is 14.9 Å². The van der Waals surface area contributed by atoms with E-state index in [0.717, 1.165) is 6.20 Å². The lowest BCUT2D eigenvalue weighted by molar-refractivity contribution is -0.384. The molecule has 0 bridgehead atoms. The van der Waals surface area contributed by atoms with Gasteiger partial charge in [0.15, 0.2) is 5.69 Å². The summed E-state index contributed by atoms with van der Waals surface area (Å²) in [4.78, 5) is 24.5. The smallest absolute Gasteiger partial charge is 0.358 e. The van der Waals surface area contributed by atoms with E-state index >= 15 is 0 Å². The average molecular weight is 278 g/mol. The molecule has 0 aromatic carbocycles. The summed E-state index contributed by atoms with van der Waals surface area (Å²) >= 11 is 0. The fourth-order valence-corrected chi connectivity index (χ4v) is 1.49. The fraction of sp³-hybridized carbons (Fsp3) is 0.200. The van der Waals surface area contributed by atoms with Gasteiger partial charge >= 0.3 is 11.7 Å². The van der Waals surface area contributed by atoms with Gasteiger partial charge in [-0.2, -0.15) is 0 Å². The van der Waals surface area contributed by atoms with Crippen molar-refractivity contribution in [3.8, 4) is 0 Å². The van der Waals surface area contributed by atoms with E-state index < -0.39 is 10.9 Å². The topological polar surface area (TPSA) is 136 Å². The molecule has 0 radical (unpaired) electrons. The van der Waals surface area contributed by atoms with Gasteiger partial charge < -0.3 is 10.4 Å². The Kier molecular flexibility index (Phi) is 3.84. The average Bonchev–Trinajstić information content (AvgIpc) is 2.88. The Balaban J connectivity index is 1.96. The van der Waals surface area contributed by atoms with Crippen molar-refractivity contribution in [2.45, 2.75) is 6.54 Å². The molecule has 104 valence electrons. The summed E-state index contributed by atoms with van der Waals surface area (Å²) in [6.45, 7) is 0.646. The van der Waals surface area contributed by atoms with Crippen LogP contribution in [0, 0.1) is 10.1 Å². The second-order valence-electron chi connectivity index (χ2n) is 3.75. The minimum absolute atomic E-state index is 0.127. The molecule has 20 heavy (non-hydrogen) atoms. The van der Waals surface area contributed by atoms with Gasteiger partial charge in [-0.15, -0.1) is 5.10 Å². The Morgan fingerprint density at radius 3 is 3.00 bits per heavy atom. The number of nitro groups is 1. The molecule has 2 heterocycles. The van der Waals surface area contributed by atoms with Crippen LogP contribution in [0.25, 0.3) is 0 Å². The number of aromatic nitrogens is 4. The fourth-order valence-electron chi connectivity index (χ4n) is 1.49. The Morgan fingerprint density at radius 2 is 2.35 bits per heavy atom. The van der Waals surface area contributed by atoms with Crippen molar-refractivity contribution in [1.82, 2.24) is 20.0 Å². The molecule has 2 aromatic rings. The lowest BCUT2D eigenvalue weighted by Gasteiger charge is -2.05. The first-order valence-corrected chi connectivity index (χ1v) is 5.53. The molecule has 0 fully saturated rings. The van der Waals surface area contributed by atoms with Crippen LogP contribution in [0.2, 0.25) is 0 Å². The summed E-state index contributed by atoms with van der Waals surface area (Å²) in [7, 11) is 0. The van der Waals surface area contributed by atoms with Gasteiger partial charge in [-0.1, -0.05) is 5.21 Å². The van der Waals surface area contributed by atoms with Crippen LogP contribution in [-0.2, 0) is 6.54 Å². The molecular formula is C10H10N6O4. The van der Waals surface area contributed by atoms with E-state index in [0.29, 0.717) is 18.8 Å². The van der Waals surface area contributed by atoms with Crippen LogP contribution in [0.4, 0.5) is 11.4 Å². The van der Waals surface area contributed by atoms with E-state index in [1.165, 1.54) is 23.1 Å². The van der Waals surface area contributed by atoms with Crippen LogP contribution in [-0.4, -0.2) is 42.5 Å². The first-order valence-electron chi connectivity index (χ1n) is 5.53.